The van der Waals surface area contributed by atoms with Crippen LogP contribution in [0.5, 0.6) is 0 Å². The topological polar surface area (TPSA) is 58.2 Å². The van der Waals surface area contributed by atoms with Crippen LogP contribution >= 0.6 is 0 Å². The first-order valence-corrected chi connectivity index (χ1v) is 5.71. The second-order valence-corrected chi connectivity index (χ2v) is 4.65. The van der Waals surface area contributed by atoms with E-state index in [0.29, 0.717) is 0 Å². The van der Waals surface area contributed by atoms with E-state index in [2.05, 4.69) is 15.1 Å². The maximum Gasteiger partial charge on any atom is 0.266 e. The van der Waals surface area contributed by atoms with Gasteiger partial charge in [0.2, 0.25) is 0 Å². The summed E-state index contributed by atoms with van der Waals surface area (Å²) in [7, 11) is 0. The van der Waals surface area contributed by atoms with E-state index in [1.54, 1.807) is 12.3 Å². The Morgan fingerprint density at radius 1 is 1.44 bits per heavy atom. The summed E-state index contributed by atoms with van der Waals surface area (Å²) in [6.45, 7) is 2.65. The number of nitrogens with one attached hydrogen (secondary N) is 1. The smallest absolute Gasteiger partial charge is 0.266 e. The molecule has 2 fully saturated rings. The van der Waals surface area contributed by atoms with Crippen molar-refractivity contribution in [2.75, 3.05) is 24.6 Å². The lowest BCUT2D eigenvalue weighted by Gasteiger charge is -2.52. The molecule has 0 aliphatic carbocycles. The molecule has 1 spiro atoms. The summed E-state index contributed by atoms with van der Waals surface area (Å²) in [5.74, 6) is 0. The second kappa shape index (κ2) is 3.59. The normalized spacial score (nSPS) is 23.1. The molecule has 2 aliphatic heterocycles. The van der Waals surface area contributed by atoms with Crippen molar-refractivity contribution in [3.63, 3.8) is 0 Å². The molecule has 1 aromatic rings. The van der Waals surface area contributed by atoms with E-state index in [-0.39, 0.29) is 11.2 Å². The molecule has 3 rings (SSSR count). The summed E-state index contributed by atoms with van der Waals surface area (Å²) in [6.07, 6.45) is 5.26. The fourth-order valence-electron chi connectivity index (χ4n) is 2.53. The monoisotopic (exact) mass is 221 g/mol. The van der Waals surface area contributed by atoms with Gasteiger partial charge in [-0.15, -0.1) is 0 Å². The van der Waals surface area contributed by atoms with Gasteiger partial charge in [-0.1, -0.05) is 0 Å². The molecule has 0 bridgehead atoms. The van der Waals surface area contributed by atoms with Crippen molar-refractivity contribution in [1.82, 2.24) is 10.2 Å². The number of aromatic amines is 1. The van der Waals surface area contributed by atoms with E-state index >= 15 is 0 Å². The van der Waals surface area contributed by atoms with Gasteiger partial charge < -0.3 is 9.64 Å². The average molecular weight is 221 g/mol. The van der Waals surface area contributed by atoms with Gasteiger partial charge in [0.15, 0.2) is 0 Å². The first-order valence-electron chi connectivity index (χ1n) is 5.71. The number of H-pyrrole nitrogens is 1. The van der Waals surface area contributed by atoms with Crippen molar-refractivity contribution in [1.29, 1.82) is 0 Å². The van der Waals surface area contributed by atoms with Crippen LogP contribution in [-0.2, 0) is 4.74 Å². The third-order valence-electron chi connectivity index (χ3n) is 3.41. The van der Waals surface area contributed by atoms with Gasteiger partial charge in [-0.25, -0.2) is 5.10 Å². The molecule has 0 radical (unpaired) electrons. The highest BCUT2D eigenvalue weighted by Crippen LogP contribution is 2.36. The minimum atomic E-state index is -0.150. The molecular weight excluding hydrogens is 206 g/mol. The Kier molecular flexibility index (Phi) is 2.21. The zero-order valence-corrected chi connectivity index (χ0v) is 9.11. The van der Waals surface area contributed by atoms with Crippen molar-refractivity contribution in [3.05, 3.63) is 22.6 Å². The molecule has 1 aromatic heterocycles. The van der Waals surface area contributed by atoms with E-state index in [0.717, 1.165) is 31.8 Å². The summed E-state index contributed by atoms with van der Waals surface area (Å²) < 4.78 is 5.84. The third-order valence-corrected chi connectivity index (χ3v) is 3.41. The Morgan fingerprint density at radius 2 is 2.31 bits per heavy atom. The van der Waals surface area contributed by atoms with Gasteiger partial charge >= 0.3 is 0 Å². The van der Waals surface area contributed by atoms with Crippen LogP contribution in [0.1, 0.15) is 19.3 Å². The number of anilines is 1. The van der Waals surface area contributed by atoms with Crippen LogP contribution in [0, 0.1) is 0 Å². The molecule has 0 atom stereocenters. The molecule has 3 heterocycles. The standard InChI is InChI=1S/C11H15N3O2/c15-10-5-9(6-12-13-10)14-7-11(8-14)3-1-2-4-16-11/h5-6H,1-4,7-8H2,(H,13,15). The summed E-state index contributed by atoms with van der Waals surface area (Å²) in [6, 6.07) is 1.59. The molecule has 0 amide bonds. The molecule has 86 valence electrons. The van der Waals surface area contributed by atoms with Crippen LogP contribution in [0.25, 0.3) is 0 Å². The predicted octanol–water partition coefficient (Wildman–Crippen LogP) is 0.529. The highest BCUT2D eigenvalue weighted by Gasteiger charge is 2.45. The maximum absolute atomic E-state index is 11.1. The lowest BCUT2D eigenvalue weighted by atomic mass is 9.86. The molecule has 0 unspecified atom stereocenters. The molecule has 0 saturated carbocycles. The van der Waals surface area contributed by atoms with Crippen LogP contribution in [0.2, 0.25) is 0 Å². The Hall–Kier alpha value is -1.36. The summed E-state index contributed by atoms with van der Waals surface area (Å²) in [4.78, 5) is 13.3. The van der Waals surface area contributed by atoms with E-state index in [1.807, 2.05) is 0 Å². The van der Waals surface area contributed by atoms with Gasteiger partial charge in [-0.05, 0) is 19.3 Å². The highest BCUT2D eigenvalue weighted by molar-refractivity contribution is 5.47. The fourth-order valence-corrected chi connectivity index (χ4v) is 2.53. The lowest BCUT2D eigenvalue weighted by Crippen LogP contribution is -2.64. The van der Waals surface area contributed by atoms with E-state index < -0.39 is 0 Å². The first-order chi connectivity index (χ1) is 7.77. The number of hydrogen-bond acceptors (Lipinski definition) is 4. The molecule has 2 aliphatic rings. The molecule has 0 aromatic carbocycles. The Morgan fingerprint density at radius 3 is 3.00 bits per heavy atom. The number of ether oxygens (including phenoxy) is 1. The largest absolute Gasteiger partial charge is 0.371 e. The quantitative estimate of drug-likeness (QED) is 0.751. The summed E-state index contributed by atoms with van der Waals surface area (Å²) in [5.41, 5.74) is 0.799. The van der Waals surface area contributed by atoms with Crippen LogP contribution in [0.3, 0.4) is 0 Å². The summed E-state index contributed by atoms with van der Waals surface area (Å²) >= 11 is 0. The molecule has 16 heavy (non-hydrogen) atoms. The van der Waals surface area contributed by atoms with Crippen molar-refractivity contribution >= 4 is 5.69 Å². The van der Waals surface area contributed by atoms with E-state index in [9.17, 15) is 4.79 Å². The van der Waals surface area contributed by atoms with Crippen molar-refractivity contribution < 1.29 is 4.74 Å². The minimum Gasteiger partial charge on any atom is -0.371 e. The van der Waals surface area contributed by atoms with Crippen LogP contribution in [-0.4, -0.2) is 35.5 Å². The molecule has 1 N–H and O–H groups in total. The number of nitrogens with zero attached hydrogens (tertiary/aromatic N) is 2. The number of aromatic nitrogens is 2. The Bertz CT molecular complexity index is 429. The average Bonchev–Trinajstić information content (AvgIpc) is 2.27. The van der Waals surface area contributed by atoms with Gasteiger partial charge in [0, 0.05) is 25.8 Å². The predicted molar refractivity (Wildman–Crippen MR) is 59.6 cm³/mol. The Labute approximate surface area is 93.4 Å². The molecule has 5 heteroatoms. The molecule has 5 nitrogen and oxygen atoms in total. The van der Waals surface area contributed by atoms with Crippen molar-refractivity contribution in [3.8, 4) is 0 Å². The van der Waals surface area contributed by atoms with Crippen LogP contribution in [0.15, 0.2) is 17.1 Å². The highest BCUT2D eigenvalue weighted by atomic mass is 16.5. The number of hydrogen-bond donors (Lipinski definition) is 1. The van der Waals surface area contributed by atoms with E-state index in [4.69, 9.17) is 4.74 Å². The van der Waals surface area contributed by atoms with Gasteiger partial charge in [0.05, 0.1) is 11.9 Å². The fraction of sp³-hybridized carbons (Fsp3) is 0.636. The zero-order valence-electron chi connectivity index (χ0n) is 9.11. The van der Waals surface area contributed by atoms with Crippen LogP contribution in [0.4, 0.5) is 5.69 Å². The molecular formula is C11H15N3O2. The lowest BCUT2D eigenvalue weighted by molar-refractivity contribution is -0.0949. The van der Waals surface area contributed by atoms with Crippen molar-refractivity contribution in [2.24, 2.45) is 0 Å². The summed E-state index contributed by atoms with van der Waals surface area (Å²) in [5, 5.41) is 6.18. The van der Waals surface area contributed by atoms with Gasteiger partial charge in [0.1, 0.15) is 5.60 Å². The van der Waals surface area contributed by atoms with Crippen LogP contribution < -0.4 is 10.5 Å². The minimum absolute atomic E-state index is 0.0564. The van der Waals surface area contributed by atoms with Crippen molar-refractivity contribution in [2.45, 2.75) is 24.9 Å². The number of rotatable bonds is 1. The molecule has 2 saturated heterocycles. The zero-order chi connectivity index (χ0) is 11.0. The Balaban J connectivity index is 1.70. The van der Waals surface area contributed by atoms with Gasteiger partial charge in [-0.2, -0.15) is 5.10 Å². The first kappa shape index (κ1) is 9.84. The van der Waals surface area contributed by atoms with Gasteiger partial charge in [-0.3, -0.25) is 4.79 Å². The van der Waals surface area contributed by atoms with Gasteiger partial charge in [0.25, 0.3) is 5.56 Å². The third kappa shape index (κ3) is 1.61. The van der Waals surface area contributed by atoms with E-state index in [1.165, 1.54) is 12.8 Å². The second-order valence-electron chi connectivity index (χ2n) is 4.65. The SMILES string of the molecule is O=c1cc(N2CC3(CCCCO3)C2)cn[nH]1. The maximum atomic E-state index is 11.1.